The maximum Gasteiger partial charge on any atom is 0.127 e. The van der Waals surface area contributed by atoms with Crippen molar-refractivity contribution < 1.29 is 10.2 Å². The van der Waals surface area contributed by atoms with Gasteiger partial charge >= 0.3 is 0 Å². The number of nitrogen functional groups attached to an aromatic ring is 1. The maximum absolute atomic E-state index is 9.46. The fraction of sp³-hybridized carbons (Fsp3) is 0. The molecule has 0 aliphatic rings. The van der Waals surface area contributed by atoms with Crippen molar-refractivity contribution in [3.8, 4) is 11.5 Å². The van der Waals surface area contributed by atoms with E-state index in [9.17, 15) is 10.2 Å². The van der Waals surface area contributed by atoms with Gasteiger partial charge in [0.25, 0.3) is 0 Å². The van der Waals surface area contributed by atoms with Gasteiger partial charge in [-0.1, -0.05) is 6.07 Å². The molecule has 0 fully saturated rings. The van der Waals surface area contributed by atoms with Crippen LogP contribution in [0.4, 0.5) is 5.69 Å². The highest BCUT2D eigenvalue weighted by atomic mass is 16.3. The van der Waals surface area contributed by atoms with E-state index in [-0.39, 0.29) is 11.5 Å². The van der Waals surface area contributed by atoms with Crippen LogP contribution < -0.4 is 5.73 Å². The lowest BCUT2D eigenvalue weighted by atomic mass is 10.1. The number of aromatic hydroxyl groups is 2. The summed E-state index contributed by atoms with van der Waals surface area (Å²) in [6.45, 7) is 0. The standard InChI is InChI=1S/C10H9NO2/c11-7-2-1-6-3-8(12)5-10(13)9(6)4-7/h1-5,12-13H,11H2. The van der Waals surface area contributed by atoms with Gasteiger partial charge in [-0.2, -0.15) is 0 Å². The molecule has 3 heteroatoms. The number of fused-ring (bicyclic) bond motifs is 1. The molecule has 0 atom stereocenters. The molecule has 0 aromatic heterocycles. The van der Waals surface area contributed by atoms with Crippen LogP contribution in [-0.4, -0.2) is 10.2 Å². The summed E-state index contributed by atoms with van der Waals surface area (Å²) in [4.78, 5) is 0. The first kappa shape index (κ1) is 7.73. The Hall–Kier alpha value is -1.90. The van der Waals surface area contributed by atoms with Gasteiger partial charge in [0.05, 0.1) is 0 Å². The van der Waals surface area contributed by atoms with Gasteiger partial charge in [-0.15, -0.1) is 0 Å². The van der Waals surface area contributed by atoms with E-state index in [2.05, 4.69) is 0 Å². The van der Waals surface area contributed by atoms with E-state index in [0.29, 0.717) is 11.1 Å². The van der Waals surface area contributed by atoms with Gasteiger partial charge in [0.1, 0.15) is 11.5 Å². The highest BCUT2D eigenvalue weighted by Crippen LogP contribution is 2.30. The fourth-order valence-corrected chi connectivity index (χ4v) is 1.34. The van der Waals surface area contributed by atoms with E-state index >= 15 is 0 Å². The molecular weight excluding hydrogens is 166 g/mol. The van der Waals surface area contributed by atoms with E-state index in [4.69, 9.17) is 5.73 Å². The van der Waals surface area contributed by atoms with Crippen molar-refractivity contribution in [2.75, 3.05) is 5.73 Å². The monoisotopic (exact) mass is 175 g/mol. The van der Waals surface area contributed by atoms with E-state index in [1.165, 1.54) is 6.07 Å². The first-order chi connectivity index (χ1) is 6.16. The molecule has 2 rings (SSSR count). The summed E-state index contributed by atoms with van der Waals surface area (Å²) in [5.41, 5.74) is 6.15. The van der Waals surface area contributed by atoms with Gasteiger partial charge in [0.15, 0.2) is 0 Å². The van der Waals surface area contributed by atoms with Crippen LogP contribution in [-0.2, 0) is 0 Å². The summed E-state index contributed by atoms with van der Waals surface area (Å²) in [7, 11) is 0. The Bertz CT molecular complexity index is 466. The highest BCUT2D eigenvalue weighted by Gasteiger charge is 2.01. The summed E-state index contributed by atoms with van der Waals surface area (Å²) in [5, 5.41) is 20.1. The van der Waals surface area contributed by atoms with E-state index in [1.807, 2.05) is 0 Å². The number of benzene rings is 2. The van der Waals surface area contributed by atoms with Gasteiger partial charge in [-0.3, -0.25) is 0 Å². The van der Waals surface area contributed by atoms with Crippen LogP contribution in [0.25, 0.3) is 10.8 Å². The second-order valence-electron chi connectivity index (χ2n) is 2.95. The molecule has 66 valence electrons. The molecule has 0 unspecified atom stereocenters. The Labute approximate surface area is 75.0 Å². The molecule has 0 aliphatic carbocycles. The Kier molecular flexibility index (Phi) is 1.52. The van der Waals surface area contributed by atoms with Gasteiger partial charge < -0.3 is 15.9 Å². The van der Waals surface area contributed by atoms with Crippen molar-refractivity contribution in [1.82, 2.24) is 0 Å². The van der Waals surface area contributed by atoms with Crippen LogP contribution in [0.3, 0.4) is 0 Å². The predicted molar refractivity (Wildman–Crippen MR) is 51.7 cm³/mol. The van der Waals surface area contributed by atoms with Gasteiger partial charge in [-0.05, 0) is 23.6 Å². The van der Waals surface area contributed by atoms with Gasteiger partial charge in [0, 0.05) is 17.1 Å². The number of rotatable bonds is 0. The third kappa shape index (κ3) is 1.24. The average Bonchev–Trinajstić information content (AvgIpc) is 2.06. The lowest BCUT2D eigenvalue weighted by Gasteiger charge is -2.02. The van der Waals surface area contributed by atoms with E-state index in [0.717, 1.165) is 5.39 Å². The lowest BCUT2D eigenvalue weighted by molar-refractivity contribution is 0.455. The molecule has 4 N–H and O–H groups in total. The maximum atomic E-state index is 9.46. The Balaban J connectivity index is 2.87. The third-order valence-electron chi connectivity index (χ3n) is 1.94. The molecule has 13 heavy (non-hydrogen) atoms. The largest absolute Gasteiger partial charge is 0.508 e. The van der Waals surface area contributed by atoms with Crippen molar-refractivity contribution >= 4 is 16.5 Å². The highest BCUT2D eigenvalue weighted by molar-refractivity contribution is 5.91. The summed E-state index contributed by atoms with van der Waals surface area (Å²) in [6, 6.07) is 8.02. The Morgan fingerprint density at radius 3 is 2.54 bits per heavy atom. The average molecular weight is 175 g/mol. The molecular formula is C10H9NO2. The Morgan fingerprint density at radius 2 is 1.77 bits per heavy atom. The van der Waals surface area contributed by atoms with E-state index < -0.39 is 0 Å². The minimum Gasteiger partial charge on any atom is -0.508 e. The van der Waals surface area contributed by atoms with Crippen molar-refractivity contribution in [3.05, 3.63) is 30.3 Å². The first-order valence-electron chi connectivity index (χ1n) is 3.88. The summed E-state index contributed by atoms with van der Waals surface area (Å²) >= 11 is 0. The van der Waals surface area contributed by atoms with Crippen molar-refractivity contribution in [2.45, 2.75) is 0 Å². The zero-order chi connectivity index (χ0) is 9.42. The molecule has 2 aromatic carbocycles. The molecule has 0 saturated heterocycles. The molecule has 0 radical (unpaired) electrons. The zero-order valence-corrected chi connectivity index (χ0v) is 6.86. The number of phenols is 2. The van der Waals surface area contributed by atoms with Crippen LogP contribution in [0.1, 0.15) is 0 Å². The van der Waals surface area contributed by atoms with Crippen molar-refractivity contribution in [1.29, 1.82) is 0 Å². The molecule has 0 spiro atoms. The summed E-state index contributed by atoms with van der Waals surface area (Å²) in [6.07, 6.45) is 0. The lowest BCUT2D eigenvalue weighted by Crippen LogP contribution is -1.83. The van der Waals surface area contributed by atoms with Crippen LogP contribution in [0.2, 0.25) is 0 Å². The summed E-state index contributed by atoms with van der Waals surface area (Å²) < 4.78 is 0. The molecule has 0 heterocycles. The molecule has 3 nitrogen and oxygen atoms in total. The smallest absolute Gasteiger partial charge is 0.127 e. The minimum atomic E-state index is 0.0438. The molecule has 0 aliphatic heterocycles. The molecule has 0 bridgehead atoms. The van der Waals surface area contributed by atoms with Crippen LogP contribution >= 0.6 is 0 Å². The first-order valence-corrected chi connectivity index (χ1v) is 3.88. The minimum absolute atomic E-state index is 0.0438. The van der Waals surface area contributed by atoms with Crippen LogP contribution in [0, 0.1) is 0 Å². The second kappa shape index (κ2) is 2.55. The van der Waals surface area contributed by atoms with Crippen molar-refractivity contribution in [3.63, 3.8) is 0 Å². The number of phenolic OH excluding ortho intramolecular Hbond substituents is 2. The second-order valence-corrected chi connectivity index (χ2v) is 2.95. The normalized spacial score (nSPS) is 10.5. The fourth-order valence-electron chi connectivity index (χ4n) is 1.34. The number of nitrogens with two attached hydrogens (primary N) is 1. The predicted octanol–water partition coefficient (Wildman–Crippen LogP) is 1.83. The third-order valence-corrected chi connectivity index (χ3v) is 1.94. The molecule has 0 amide bonds. The number of hydrogen-bond donors (Lipinski definition) is 3. The van der Waals surface area contributed by atoms with Crippen LogP contribution in [0.15, 0.2) is 30.3 Å². The number of anilines is 1. The SMILES string of the molecule is Nc1ccc2cc(O)cc(O)c2c1. The number of hydrogen-bond acceptors (Lipinski definition) is 3. The topological polar surface area (TPSA) is 66.5 Å². The van der Waals surface area contributed by atoms with Gasteiger partial charge in [0.2, 0.25) is 0 Å². The Morgan fingerprint density at radius 1 is 1.00 bits per heavy atom. The zero-order valence-electron chi connectivity index (χ0n) is 6.86. The summed E-state index contributed by atoms with van der Waals surface area (Å²) in [5.74, 6) is 0.0945. The molecule has 2 aromatic rings. The van der Waals surface area contributed by atoms with Crippen LogP contribution in [0.5, 0.6) is 11.5 Å². The molecule has 0 saturated carbocycles. The van der Waals surface area contributed by atoms with Crippen molar-refractivity contribution in [2.24, 2.45) is 0 Å². The van der Waals surface area contributed by atoms with E-state index in [1.54, 1.807) is 24.3 Å². The van der Waals surface area contributed by atoms with Gasteiger partial charge in [-0.25, -0.2) is 0 Å². The quantitative estimate of drug-likeness (QED) is 0.535.